The number of rotatable bonds is 30. The van der Waals surface area contributed by atoms with Crippen molar-refractivity contribution in [3.8, 4) is 23.0 Å². The molecule has 4 atom stereocenters. The Morgan fingerprint density at radius 3 is 1.38 bits per heavy atom. The van der Waals surface area contributed by atoms with Crippen molar-refractivity contribution in [1.82, 2.24) is 10.6 Å². The molecule has 4 aromatic carbocycles. The van der Waals surface area contributed by atoms with Gasteiger partial charge in [-0.15, -0.1) is 0 Å². The molecule has 6 rings (SSSR count). The maximum Gasteiger partial charge on any atom is 0.418 e. The van der Waals surface area contributed by atoms with Crippen molar-refractivity contribution in [2.24, 2.45) is 0 Å². The maximum atomic E-state index is 14.0. The minimum atomic E-state index is -1.23. The van der Waals surface area contributed by atoms with E-state index in [1.54, 1.807) is 64.5 Å². The van der Waals surface area contributed by atoms with Crippen molar-refractivity contribution in [2.45, 2.75) is 76.7 Å². The molecule has 0 amide bonds. The average Bonchev–Trinajstić information content (AvgIpc) is 3.40. The third-order valence-corrected chi connectivity index (χ3v) is 12.7. The highest BCUT2D eigenvalue weighted by Crippen LogP contribution is 2.33. The minimum absolute atomic E-state index is 0.0576. The number of nitrogens with one attached hydrogen (secondary N) is 2. The summed E-state index contributed by atoms with van der Waals surface area (Å²) in [5.41, 5.74) is 5.38. The van der Waals surface area contributed by atoms with Crippen LogP contribution in [0.5, 0.6) is 23.0 Å². The summed E-state index contributed by atoms with van der Waals surface area (Å²) in [6, 6.07) is 21.3. The molecule has 0 radical (unpaired) electrons. The van der Waals surface area contributed by atoms with Crippen LogP contribution in [0.3, 0.4) is 0 Å². The smallest absolute Gasteiger partial charge is 0.418 e. The van der Waals surface area contributed by atoms with Gasteiger partial charge in [0.05, 0.1) is 49.7 Å². The number of esters is 4. The van der Waals surface area contributed by atoms with E-state index in [0.717, 1.165) is 47.9 Å². The summed E-state index contributed by atoms with van der Waals surface area (Å²) < 4.78 is 65.8. The van der Waals surface area contributed by atoms with Gasteiger partial charge in [0, 0.05) is 39.4 Å². The minimum Gasteiger partial charge on any atom is -0.482 e. The predicted molar refractivity (Wildman–Crippen MR) is 272 cm³/mol. The summed E-state index contributed by atoms with van der Waals surface area (Å²) in [4.78, 5) is 51.9. The molecule has 2 N–H and O–H groups in total. The lowest BCUT2D eigenvalue weighted by atomic mass is 9.88. The fourth-order valence-corrected chi connectivity index (χ4v) is 8.81. The molecule has 2 aliphatic carbocycles. The number of fused-ring (bicyclic) bond motifs is 2. The number of hydrogen-bond acceptors (Lipinski definition) is 18. The molecule has 0 spiro atoms. The van der Waals surface area contributed by atoms with Crippen LogP contribution in [0.15, 0.2) is 72.8 Å². The second kappa shape index (κ2) is 30.6. The van der Waals surface area contributed by atoms with Crippen LogP contribution in [-0.2, 0) is 82.8 Å². The van der Waals surface area contributed by atoms with E-state index in [4.69, 9.17) is 80.0 Å². The highest BCUT2D eigenvalue weighted by molar-refractivity contribution is 6.32. The Bertz CT molecular complexity index is 2290. The highest BCUT2D eigenvalue weighted by atomic mass is 35.5. The molecule has 20 heteroatoms. The molecule has 2 unspecified atom stereocenters. The number of methoxy groups -OCH3 is 2. The summed E-state index contributed by atoms with van der Waals surface area (Å²) in [6.07, 6.45) is 2.28. The summed E-state index contributed by atoms with van der Waals surface area (Å²) in [5.74, 6) is -1.61. The van der Waals surface area contributed by atoms with Crippen LogP contribution in [-0.4, -0.2) is 130 Å². The standard InChI is InChI=1S/C54H66Cl2N2O16/c1-5-67-51(59)31-69-43-15-9-35-7-13-41(23-39(35)25-43)57-29-49(37-11-17-47(45(55)27-37)71-33-65-21-19-63-3)73-53(61)54(62)74-50(38-12-18-48(46(56)28-38)72-34-66-22-20-64-4)30-58-42-14-8-36-10-16-44(26-40(36)24-42)70-32-52(60)68-6-2/h9-12,15-18,25-28,41-42,49-50,57-58H,5-8,13-14,19-24,29-34H2,1-4H3/t41-,42-,49?,50?/m0/s1. The van der Waals surface area contributed by atoms with Gasteiger partial charge in [0.25, 0.3) is 0 Å². The Morgan fingerprint density at radius 1 is 0.554 bits per heavy atom. The molecule has 0 aliphatic heterocycles. The molecule has 0 saturated carbocycles. The molecule has 2 aliphatic rings. The first-order chi connectivity index (χ1) is 36.0. The van der Waals surface area contributed by atoms with Gasteiger partial charge in [-0.2, -0.15) is 0 Å². The number of carbonyl (C=O) groups excluding carboxylic acids is 4. The van der Waals surface area contributed by atoms with Crippen LogP contribution in [0.1, 0.15) is 72.3 Å². The van der Waals surface area contributed by atoms with E-state index in [1.807, 2.05) is 36.4 Å². The van der Waals surface area contributed by atoms with Crippen molar-refractivity contribution < 1.29 is 76.0 Å². The quantitative estimate of drug-likeness (QED) is 0.0177. The summed E-state index contributed by atoms with van der Waals surface area (Å²) in [7, 11) is 3.14. The topological polar surface area (TPSA) is 203 Å². The Hall–Kier alpha value is -5.70. The van der Waals surface area contributed by atoms with E-state index in [0.29, 0.717) is 73.4 Å². The van der Waals surface area contributed by atoms with E-state index in [2.05, 4.69) is 10.6 Å². The summed E-state index contributed by atoms with van der Waals surface area (Å²) >= 11 is 13.4. The number of hydrogen-bond donors (Lipinski definition) is 2. The predicted octanol–water partition coefficient (Wildman–Crippen LogP) is 7.04. The van der Waals surface area contributed by atoms with Gasteiger partial charge in [0.15, 0.2) is 26.8 Å². The van der Waals surface area contributed by atoms with E-state index in [-0.39, 0.29) is 75.2 Å². The highest BCUT2D eigenvalue weighted by Gasteiger charge is 2.31. The second-order valence-corrected chi connectivity index (χ2v) is 18.1. The van der Waals surface area contributed by atoms with Gasteiger partial charge in [-0.3, -0.25) is 0 Å². The van der Waals surface area contributed by atoms with Crippen molar-refractivity contribution >= 4 is 47.1 Å². The zero-order valence-electron chi connectivity index (χ0n) is 42.3. The average molecular weight is 1070 g/mol. The van der Waals surface area contributed by atoms with E-state index >= 15 is 0 Å². The summed E-state index contributed by atoms with van der Waals surface area (Å²) in [6.45, 7) is 5.06. The molecule has 0 heterocycles. The Kier molecular flexibility index (Phi) is 23.8. The normalized spacial score (nSPS) is 15.6. The molecule has 0 fully saturated rings. The number of benzene rings is 4. The number of aryl methyl sites for hydroxylation is 2. The molecule has 74 heavy (non-hydrogen) atoms. The zero-order chi connectivity index (χ0) is 52.7. The SMILES string of the molecule is CCOC(=O)COc1ccc2c(c1)C[C@@H](NCC(OC(=O)C(=O)OC(CN[C@H]1CCc3ccc(OCC(=O)OCC)cc3C1)c1ccc(OCOCCOC)c(Cl)c1)c1ccc(OCOCCOC)c(Cl)c1)CC2. The van der Waals surface area contributed by atoms with Gasteiger partial charge in [0.1, 0.15) is 35.2 Å². The molecule has 0 bridgehead atoms. The Balaban J connectivity index is 1.17. The molecule has 0 aromatic heterocycles. The molecule has 18 nitrogen and oxygen atoms in total. The van der Waals surface area contributed by atoms with Crippen molar-refractivity contribution in [1.29, 1.82) is 0 Å². The second-order valence-electron chi connectivity index (χ2n) is 17.2. The van der Waals surface area contributed by atoms with Crippen molar-refractivity contribution in [3.05, 3.63) is 116 Å². The van der Waals surface area contributed by atoms with Gasteiger partial charge >= 0.3 is 23.9 Å². The Morgan fingerprint density at radius 2 is 0.986 bits per heavy atom. The lowest BCUT2D eigenvalue weighted by Crippen LogP contribution is -2.39. The van der Waals surface area contributed by atoms with Gasteiger partial charge in [-0.25, -0.2) is 19.2 Å². The molecular formula is C54H66Cl2N2O16. The third-order valence-electron chi connectivity index (χ3n) is 12.1. The Labute approximate surface area is 441 Å². The van der Waals surface area contributed by atoms with Crippen LogP contribution in [0.25, 0.3) is 0 Å². The first-order valence-electron chi connectivity index (χ1n) is 24.6. The van der Waals surface area contributed by atoms with Gasteiger partial charge in [-0.05, 0) is 134 Å². The number of carbonyl (C=O) groups is 4. The van der Waals surface area contributed by atoms with Crippen LogP contribution in [0.2, 0.25) is 10.0 Å². The lowest BCUT2D eigenvalue weighted by molar-refractivity contribution is -0.174. The lowest BCUT2D eigenvalue weighted by Gasteiger charge is -2.29. The fourth-order valence-electron chi connectivity index (χ4n) is 8.32. The largest absolute Gasteiger partial charge is 0.482 e. The third kappa shape index (κ3) is 18.3. The van der Waals surface area contributed by atoms with Crippen LogP contribution >= 0.6 is 23.2 Å². The first kappa shape index (κ1) is 57.6. The fraction of sp³-hybridized carbons (Fsp3) is 0.481. The molecule has 402 valence electrons. The van der Waals surface area contributed by atoms with E-state index < -0.39 is 36.1 Å². The van der Waals surface area contributed by atoms with E-state index in [9.17, 15) is 19.2 Å². The zero-order valence-corrected chi connectivity index (χ0v) is 43.8. The van der Waals surface area contributed by atoms with Gasteiger partial charge in [-0.1, -0.05) is 47.5 Å². The van der Waals surface area contributed by atoms with E-state index in [1.165, 1.54) is 0 Å². The first-order valence-corrected chi connectivity index (χ1v) is 25.4. The number of ether oxygens (including phenoxy) is 12. The van der Waals surface area contributed by atoms with Crippen molar-refractivity contribution in [2.75, 3.05) is 93.8 Å². The number of halogens is 2. The molecule has 0 saturated heterocycles. The maximum absolute atomic E-state index is 14.0. The van der Waals surface area contributed by atoms with Gasteiger partial charge in [0.2, 0.25) is 0 Å². The molecule has 4 aromatic rings. The monoisotopic (exact) mass is 1070 g/mol. The van der Waals surface area contributed by atoms with Crippen LogP contribution in [0.4, 0.5) is 0 Å². The van der Waals surface area contributed by atoms with Crippen LogP contribution < -0.4 is 29.6 Å². The summed E-state index contributed by atoms with van der Waals surface area (Å²) in [5, 5.41) is 7.53. The van der Waals surface area contributed by atoms with Gasteiger partial charge < -0.3 is 67.5 Å². The van der Waals surface area contributed by atoms with Crippen LogP contribution in [0, 0.1) is 0 Å². The molecular weight excluding hydrogens is 1000 g/mol. The van der Waals surface area contributed by atoms with Crippen molar-refractivity contribution in [3.63, 3.8) is 0 Å².